The summed E-state index contributed by atoms with van der Waals surface area (Å²) in [6.45, 7) is 4.71. The summed E-state index contributed by atoms with van der Waals surface area (Å²) in [7, 11) is -1.66. The number of anilines is 1. The van der Waals surface area contributed by atoms with Gasteiger partial charge in [-0.2, -0.15) is 0 Å². The molecule has 0 saturated heterocycles. The molecule has 0 bridgehead atoms. The van der Waals surface area contributed by atoms with E-state index in [9.17, 15) is 9.36 Å². The van der Waals surface area contributed by atoms with Crippen LogP contribution in [0.1, 0.15) is 19.4 Å². The molecule has 0 atom stereocenters. The molecule has 0 aliphatic carbocycles. The molecule has 0 unspecified atom stereocenters. The van der Waals surface area contributed by atoms with E-state index in [2.05, 4.69) is 0 Å². The Morgan fingerprint density at radius 1 is 1.27 bits per heavy atom. The predicted octanol–water partition coefficient (Wildman–Crippen LogP) is 3.32. The van der Waals surface area contributed by atoms with E-state index in [0.717, 1.165) is 17.7 Å². The molecule has 1 aromatic rings. The molecule has 2 rings (SSSR count). The maximum atomic E-state index is 12.6. The van der Waals surface area contributed by atoms with Crippen LogP contribution in [0.4, 0.5) is 10.5 Å². The molecule has 0 aromatic heterocycles. The zero-order chi connectivity index (χ0) is 16.2. The van der Waals surface area contributed by atoms with Crippen molar-refractivity contribution in [1.82, 2.24) is 4.90 Å². The van der Waals surface area contributed by atoms with Gasteiger partial charge in [-0.1, -0.05) is 18.2 Å². The van der Waals surface area contributed by atoms with Crippen molar-refractivity contribution in [2.45, 2.75) is 20.3 Å². The highest BCUT2D eigenvalue weighted by Crippen LogP contribution is 2.48. The monoisotopic (exact) mass is 326 g/mol. The van der Waals surface area contributed by atoms with Crippen molar-refractivity contribution in [3.63, 3.8) is 0 Å². The van der Waals surface area contributed by atoms with Gasteiger partial charge < -0.3 is 13.9 Å². The molecule has 1 aliphatic rings. The Kier molecular flexibility index (Phi) is 5.62. The quantitative estimate of drug-likeness (QED) is 0.753. The molecule has 0 fully saturated rings. The SMILES string of the molecule is CCOP(=O)(CN(C)C(=O)N1CCc2ccccc21)OCC. The summed E-state index contributed by atoms with van der Waals surface area (Å²) in [6.07, 6.45) is 0.788. The molecule has 2 amide bonds. The highest BCUT2D eigenvalue weighted by atomic mass is 31.2. The van der Waals surface area contributed by atoms with Crippen LogP contribution in [0.3, 0.4) is 0 Å². The maximum absolute atomic E-state index is 12.6. The Morgan fingerprint density at radius 3 is 2.55 bits per heavy atom. The molecule has 22 heavy (non-hydrogen) atoms. The molecule has 0 spiro atoms. The third-order valence-corrected chi connectivity index (χ3v) is 5.56. The normalized spacial score (nSPS) is 14.0. The van der Waals surface area contributed by atoms with Crippen molar-refractivity contribution in [3.8, 4) is 0 Å². The van der Waals surface area contributed by atoms with Crippen molar-refractivity contribution in [1.29, 1.82) is 0 Å². The number of fused-ring (bicyclic) bond motifs is 1. The van der Waals surface area contributed by atoms with E-state index < -0.39 is 7.60 Å². The maximum Gasteiger partial charge on any atom is 0.349 e. The van der Waals surface area contributed by atoms with Crippen LogP contribution in [0.2, 0.25) is 0 Å². The minimum absolute atomic E-state index is 0.0494. The summed E-state index contributed by atoms with van der Waals surface area (Å²) in [5.74, 6) is 0. The summed E-state index contributed by atoms with van der Waals surface area (Å²) >= 11 is 0. The summed E-state index contributed by atoms with van der Waals surface area (Å²) < 4.78 is 23.0. The van der Waals surface area contributed by atoms with Crippen LogP contribution >= 0.6 is 7.60 Å². The van der Waals surface area contributed by atoms with Gasteiger partial charge in [0.15, 0.2) is 0 Å². The lowest BCUT2D eigenvalue weighted by Gasteiger charge is -2.27. The summed E-state index contributed by atoms with van der Waals surface area (Å²) in [6, 6.07) is 7.64. The molecular formula is C15H23N2O4P. The number of hydrogen-bond acceptors (Lipinski definition) is 4. The Hall–Kier alpha value is -1.36. The van der Waals surface area contributed by atoms with E-state index in [0.29, 0.717) is 6.54 Å². The van der Waals surface area contributed by atoms with E-state index >= 15 is 0 Å². The minimum atomic E-state index is -3.28. The van der Waals surface area contributed by atoms with Crippen molar-refractivity contribution >= 4 is 19.3 Å². The molecule has 0 radical (unpaired) electrons. The molecule has 6 nitrogen and oxygen atoms in total. The highest BCUT2D eigenvalue weighted by molar-refractivity contribution is 7.53. The fourth-order valence-electron chi connectivity index (χ4n) is 2.58. The van der Waals surface area contributed by atoms with Crippen LogP contribution in [-0.4, -0.2) is 44.0 Å². The number of benzene rings is 1. The first-order valence-corrected chi connectivity index (χ1v) is 9.22. The van der Waals surface area contributed by atoms with Gasteiger partial charge in [0.05, 0.1) is 13.2 Å². The van der Waals surface area contributed by atoms with Gasteiger partial charge in [0.2, 0.25) is 0 Å². The zero-order valence-corrected chi connectivity index (χ0v) is 14.2. The fourth-order valence-corrected chi connectivity index (χ4v) is 4.24. The van der Waals surface area contributed by atoms with Crippen LogP contribution < -0.4 is 4.90 Å². The fraction of sp³-hybridized carbons (Fsp3) is 0.533. The van der Waals surface area contributed by atoms with E-state index in [1.165, 1.54) is 4.90 Å². The van der Waals surface area contributed by atoms with E-state index in [1.807, 2.05) is 24.3 Å². The predicted molar refractivity (Wildman–Crippen MR) is 86.4 cm³/mol. The van der Waals surface area contributed by atoms with Gasteiger partial charge in [0.1, 0.15) is 6.29 Å². The summed E-state index contributed by atoms with van der Waals surface area (Å²) in [5.41, 5.74) is 2.07. The number of urea groups is 1. The Labute approximate surface area is 131 Å². The first-order chi connectivity index (χ1) is 10.5. The van der Waals surface area contributed by atoms with Gasteiger partial charge in [0.25, 0.3) is 0 Å². The molecule has 1 aromatic carbocycles. The number of rotatable bonds is 6. The molecular weight excluding hydrogens is 303 g/mol. The second-order valence-electron chi connectivity index (χ2n) is 5.10. The van der Waals surface area contributed by atoms with Crippen LogP contribution in [0, 0.1) is 0 Å². The van der Waals surface area contributed by atoms with Crippen LogP contribution in [0.5, 0.6) is 0 Å². The Bertz CT molecular complexity index is 568. The second-order valence-corrected chi connectivity index (χ2v) is 7.12. The average molecular weight is 326 g/mol. The van der Waals surface area contributed by atoms with Crippen molar-refractivity contribution < 1.29 is 18.4 Å². The molecule has 1 aliphatic heterocycles. The third kappa shape index (κ3) is 3.69. The number of amides is 2. The standard InChI is InChI=1S/C15H23N2O4P/c1-4-20-22(19,21-5-2)12-16(3)15(18)17-11-10-13-8-6-7-9-14(13)17/h6-9H,4-5,10-12H2,1-3H3. The summed E-state index contributed by atoms with van der Waals surface area (Å²) in [5, 5.41) is 0. The van der Waals surface area contributed by atoms with Crippen LogP contribution in [-0.2, 0) is 20.0 Å². The molecule has 7 heteroatoms. The highest BCUT2D eigenvalue weighted by Gasteiger charge is 2.32. The largest absolute Gasteiger partial charge is 0.349 e. The van der Waals surface area contributed by atoms with Crippen LogP contribution in [0.15, 0.2) is 24.3 Å². The minimum Gasteiger partial charge on any atom is -0.315 e. The number of carbonyl (C=O) groups is 1. The van der Waals surface area contributed by atoms with Gasteiger partial charge in [-0.3, -0.25) is 9.46 Å². The van der Waals surface area contributed by atoms with Crippen LogP contribution in [0.25, 0.3) is 0 Å². The lowest BCUT2D eigenvalue weighted by molar-refractivity contribution is 0.195. The first kappa shape index (κ1) is 17.0. The molecule has 0 saturated carbocycles. The van der Waals surface area contributed by atoms with E-state index in [-0.39, 0.29) is 25.5 Å². The second kappa shape index (κ2) is 7.27. The lowest BCUT2D eigenvalue weighted by atomic mass is 10.2. The number of para-hydroxylation sites is 1. The average Bonchev–Trinajstić information content (AvgIpc) is 2.90. The number of carbonyl (C=O) groups excluding carboxylic acids is 1. The van der Waals surface area contributed by atoms with E-state index in [1.54, 1.807) is 25.8 Å². The molecule has 122 valence electrons. The van der Waals surface area contributed by atoms with E-state index in [4.69, 9.17) is 9.05 Å². The van der Waals surface area contributed by atoms with Crippen molar-refractivity contribution in [2.75, 3.05) is 38.0 Å². The van der Waals surface area contributed by atoms with Crippen molar-refractivity contribution in [3.05, 3.63) is 29.8 Å². The lowest BCUT2D eigenvalue weighted by Crippen LogP contribution is -2.41. The topological polar surface area (TPSA) is 59.1 Å². The first-order valence-electron chi connectivity index (χ1n) is 7.49. The van der Waals surface area contributed by atoms with Gasteiger partial charge in [-0.05, 0) is 31.9 Å². The number of nitrogens with zero attached hydrogens (tertiary/aromatic N) is 2. The van der Waals surface area contributed by atoms with Crippen molar-refractivity contribution in [2.24, 2.45) is 0 Å². The van der Waals surface area contributed by atoms with Gasteiger partial charge in [-0.15, -0.1) is 0 Å². The van der Waals surface area contributed by atoms with Gasteiger partial charge in [0, 0.05) is 19.3 Å². The third-order valence-electron chi connectivity index (χ3n) is 3.48. The smallest absolute Gasteiger partial charge is 0.315 e. The Morgan fingerprint density at radius 2 is 1.91 bits per heavy atom. The summed E-state index contributed by atoms with van der Waals surface area (Å²) in [4.78, 5) is 15.7. The zero-order valence-electron chi connectivity index (χ0n) is 13.3. The molecule has 1 heterocycles. The van der Waals surface area contributed by atoms with Gasteiger partial charge >= 0.3 is 13.6 Å². The molecule has 0 N–H and O–H groups in total. The number of hydrogen-bond donors (Lipinski definition) is 0. The van der Waals surface area contributed by atoms with Gasteiger partial charge in [-0.25, -0.2) is 4.79 Å². The Balaban J connectivity index is 2.08.